The summed E-state index contributed by atoms with van der Waals surface area (Å²) >= 11 is 1.70. The van der Waals surface area contributed by atoms with Crippen LogP contribution in [0.1, 0.15) is 32.4 Å². The lowest BCUT2D eigenvalue weighted by atomic mass is 10.2. The normalized spacial score (nSPS) is 26.7. The van der Waals surface area contributed by atoms with Crippen molar-refractivity contribution in [3.63, 3.8) is 0 Å². The van der Waals surface area contributed by atoms with Gasteiger partial charge in [-0.1, -0.05) is 0 Å². The number of ether oxygens (including phenoxy) is 1. The van der Waals surface area contributed by atoms with Crippen molar-refractivity contribution in [2.75, 3.05) is 18.0 Å². The number of rotatable bonds is 4. The molecule has 21 heavy (non-hydrogen) atoms. The number of nitrogens with one attached hydrogen (secondary N) is 1. The number of fused-ring (bicyclic) bond motifs is 1. The molecule has 1 N–H and O–H groups in total. The number of nitrogens with zero attached hydrogens (tertiary/aromatic N) is 3. The number of aromatic nitrogens is 2. The Morgan fingerprint density at radius 3 is 2.81 bits per heavy atom. The minimum atomic E-state index is 0.262. The predicted molar refractivity (Wildman–Crippen MR) is 85.2 cm³/mol. The number of imidazole rings is 1. The summed E-state index contributed by atoms with van der Waals surface area (Å²) in [5.41, 5.74) is 1.29. The standard InChI is InChI=1S/C15H22N4OS/c1-10-8-18(9-11(2)20-10)14-13(7-16-12-3-4-12)19-5-6-21-15(19)17-14/h5-6,10-12,16H,3-4,7-9H2,1-2H3/t10-,11+. The number of hydrogen-bond donors (Lipinski definition) is 1. The van der Waals surface area contributed by atoms with Gasteiger partial charge in [0.1, 0.15) is 0 Å². The lowest BCUT2D eigenvalue weighted by Crippen LogP contribution is -2.46. The quantitative estimate of drug-likeness (QED) is 0.941. The topological polar surface area (TPSA) is 41.8 Å². The van der Waals surface area contributed by atoms with Gasteiger partial charge in [-0.3, -0.25) is 4.40 Å². The van der Waals surface area contributed by atoms with E-state index in [1.54, 1.807) is 11.3 Å². The van der Waals surface area contributed by atoms with Crippen molar-refractivity contribution < 1.29 is 4.74 Å². The van der Waals surface area contributed by atoms with Gasteiger partial charge < -0.3 is 15.0 Å². The molecule has 1 aliphatic carbocycles. The van der Waals surface area contributed by atoms with Crippen LogP contribution in [0.15, 0.2) is 11.6 Å². The fraction of sp³-hybridized carbons (Fsp3) is 0.667. The third-order valence-corrected chi connectivity index (χ3v) is 4.95. The fourth-order valence-corrected chi connectivity index (χ4v) is 3.85. The highest BCUT2D eigenvalue weighted by Crippen LogP contribution is 2.28. The Balaban J connectivity index is 1.65. The lowest BCUT2D eigenvalue weighted by Gasteiger charge is -2.36. The highest BCUT2D eigenvalue weighted by atomic mass is 32.1. The van der Waals surface area contributed by atoms with Gasteiger partial charge in [-0.15, -0.1) is 11.3 Å². The van der Waals surface area contributed by atoms with Crippen LogP contribution in [-0.4, -0.2) is 40.7 Å². The molecule has 0 aromatic carbocycles. The van der Waals surface area contributed by atoms with Crippen LogP contribution in [0.5, 0.6) is 0 Å². The largest absolute Gasteiger partial charge is 0.372 e. The van der Waals surface area contributed by atoms with E-state index in [2.05, 4.69) is 40.0 Å². The van der Waals surface area contributed by atoms with E-state index in [0.29, 0.717) is 6.04 Å². The number of thiazole rings is 1. The van der Waals surface area contributed by atoms with Crippen LogP contribution in [0.25, 0.3) is 4.96 Å². The Labute approximate surface area is 128 Å². The van der Waals surface area contributed by atoms with Gasteiger partial charge in [0.15, 0.2) is 10.8 Å². The van der Waals surface area contributed by atoms with Crippen molar-refractivity contribution in [1.29, 1.82) is 0 Å². The van der Waals surface area contributed by atoms with Crippen LogP contribution in [0.3, 0.4) is 0 Å². The summed E-state index contributed by atoms with van der Waals surface area (Å²) in [4.78, 5) is 8.35. The minimum Gasteiger partial charge on any atom is -0.372 e. The summed E-state index contributed by atoms with van der Waals surface area (Å²) in [6, 6.07) is 0.713. The van der Waals surface area contributed by atoms with Crippen LogP contribution in [0.2, 0.25) is 0 Å². The first-order chi connectivity index (χ1) is 10.2. The third-order valence-electron chi connectivity index (χ3n) is 4.19. The van der Waals surface area contributed by atoms with Crippen LogP contribution < -0.4 is 10.2 Å². The summed E-state index contributed by atoms with van der Waals surface area (Å²) < 4.78 is 8.09. The Kier molecular flexibility index (Phi) is 3.40. The molecule has 114 valence electrons. The SMILES string of the molecule is C[C@@H]1CN(c2nc3sccn3c2CNC2CC2)C[C@H](C)O1. The zero-order valence-electron chi connectivity index (χ0n) is 12.6. The molecular formula is C15H22N4OS. The van der Waals surface area contributed by atoms with Crippen LogP contribution >= 0.6 is 11.3 Å². The molecule has 0 bridgehead atoms. The molecule has 1 aliphatic heterocycles. The summed E-state index contributed by atoms with van der Waals surface area (Å²) in [6.45, 7) is 7.03. The molecule has 2 aromatic heterocycles. The molecule has 6 heteroatoms. The maximum atomic E-state index is 5.85. The van der Waals surface area contributed by atoms with E-state index < -0.39 is 0 Å². The Hall–Kier alpha value is -1.11. The zero-order chi connectivity index (χ0) is 14.4. The molecule has 2 aromatic rings. The molecule has 0 radical (unpaired) electrons. The van der Waals surface area contributed by atoms with E-state index in [4.69, 9.17) is 9.72 Å². The Morgan fingerprint density at radius 1 is 1.33 bits per heavy atom. The van der Waals surface area contributed by atoms with Crippen LogP contribution in [0.4, 0.5) is 5.82 Å². The molecular weight excluding hydrogens is 284 g/mol. The van der Waals surface area contributed by atoms with Gasteiger partial charge in [0, 0.05) is 37.3 Å². The molecule has 1 saturated heterocycles. The van der Waals surface area contributed by atoms with Gasteiger partial charge >= 0.3 is 0 Å². The average molecular weight is 306 g/mol. The molecule has 2 fully saturated rings. The first-order valence-corrected chi connectivity index (χ1v) is 8.67. The third kappa shape index (κ3) is 2.67. The highest BCUT2D eigenvalue weighted by Gasteiger charge is 2.28. The molecule has 3 heterocycles. The number of hydrogen-bond acceptors (Lipinski definition) is 5. The summed E-state index contributed by atoms with van der Waals surface area (Å²) in [5.74, 6) is 1.14. The van der Waals surface area contributed by atoms with E-state index >= 15 is 0 Å². The fourth-order valence-electron chi connectivity index (χ4n) is 3.12. The first kappa shape index (κ1) is 13.5. The monoisotopic (exact) mass is 306 g/mol. The maximum absolute atomic E-state index is 5.85. The molecule has 4 rings (SSSR count). The minimum absolute atomic E-state index is 0.262. The summed E-state index contributed by atoms with van der Waals surface area (Å²) in [7, 11) is 0. The Morgan fingerprint density at radius 2 is 2.10 bits per heavy atom. The van der Waals surface area contributed by atoms with Crippen molar-refractivity contribution in [2.45, 2.75) is 51.5 Å². The van der Waals surface area contributed by atoms with Crippen LogP contribution in [-0.2, 0) is 11.3 Å². The van der Waals surface area contributed by atoms with Crippen molar-refractivity contribution in [2.24, 2.45) is 0 Å². The molecule has 0 spiro atoms. The number of anilines is 1. The molecule has 0 amide bonds. The smallest absolute Gasteiger partial charge is 0.195 e. The molecule has 2 atom stereocenters. The van der Waals surface area contributed by atoms with E-state index in [9.17, 15) is 0 Å². The second kappa shape index (κ2) is 5.26. The van der Waals surface area contributed by atoms with Gasteiger partial charge in [0.2, 0.25) is 0 Å². The predicted octanol–water partition coefficient (Wildman–Crippen LogP) is 2.26. The average Bonchev–Trinajstić information content (AvgIpc) is 3.03. The number of morpholine rings is 1. The summed E-state index contributed by atoms with van der Waals surface area (Å²) in [6.07, 6.45) is 5.28. The van der Waals surface area contributed by atoms with E-state index in [1.807, 2.05) is 0 Å². The van der Waals surface area contributed by atoms with Gasteiger partial charge in [-0.05, 0) is 26.7 Å². The van der Waals surface area contributed by atoms with Crippen molar-refractivity contribution in [3.05, 3.63) is 17.3 Å². The highest BCUT2D eigenvalue weighted by molar-refractivity contribution is 7.15. The molecule has 2 aliphatic rings. The lowest BCUT2D eigenvalue weighted by molar-refractivity contribution is -0.00548. The molecule has 0 unspecified atom stereocenters. The van der Waals surface area contributed by atoms with Crippen LogP contribution in [0, 0.1) is 0 Å². The van der Waals surface area contributed by atoms with E-state index in [-0.39, 0.29) is 12.2 Å². The van der Waals surface area contributed by atoms with Gasteiger partial charge in [-0.2, -0.15) is 0 Å². The van der Waals surface area contributed by atoms with Gasteiger partial charge in [0.25, 0.3) is 0 Å². The van der Waals surface area contributed by atoms with Crippen molar-refractivity contribution in [1.82, 2.24) is 14.7 Å². The van der Waals surface area contributed by atoms with E-state index in [1.165, 1.54) is 18.5 Å². The maximum Gasteiger partial charge on any atom is 0.195 e. The van der Waals surface area contributed by atoms with Crippen molar-refractivity contribution in [3.8, 4) is 0 Å². The van der Waals surface area contributed by atoms with E-state index in [0.717, 1.165) is 30.4 Å². The second-order valence-electron chi connectivity index (χ2n) is 6.26. The molecule has 1 saturated carbocycles. The molecule has 5 nitrogen and oxygen atoms in total. The van der Waals surface area contributed by atoms with Gasteiger partial charge in [-0.25, -0.2) is 4.98 Å². The Bertz CT molecular complexity index is 623. The summed E-state index contributed by atoms with van der Waals surface area (Å²) in [5, 5.41) is 5.74. The first-order valence-electron chi connectivity index (χ1n) is 7.79. The van der Waals surface area contributed by atoms with Gasteiger partial charge in [0.05, 0.1) is 17.9 Å². The zero-order valence-corrected chi connectivity index (χ0v) is 13.4. The van der Waals surface area contributed by atoms with Crippen molar-refractivity contribution >= 4 is 22.1 Å². The second-order valence-corrected chi connectivity index (χ2v) is 7.13.